The zero-order valence-corrected chi connectivity index (χ0v) is 19.0. The molecule has 162 valence electrons. The molecule has 7 nitrogen and oxygen atoms in total. The van der Waals surface area contributed by atoms with Crippen molar-refractivity contribution in [3.8, 4) is 0 Å². The van der Waals surface area contributed by atoms with Crippen LogP contribution in [0.15, 0.2) is 71.2 Å². The van der Waals surface area contributed by atoms with Crippen LogP contribution in [-0.4, -0.2) is 47.2 Å². The molecular weight excluding hydrogens is 470 g/mol. The van der Waals surface area contributed by atoms with E-state index in [1.165, 1.54) is 0 Å². The maximum absolute atomic E-state index is 13.0. The standard InChI is InChI=1S/C24H22BrN5O2/c25-19-9-10-22(29-11-13-32-14-12-29)21(15-19)26-24(31)18-7-5-17(6-8-18)16-30-23-4-2-1-3-20(23)27-28-30/h1-10,15H,11-14,16H2,(H,26,31). The van der Waals surface area contributed by atoms with Crippen LogP contribution in [0.3, 0.4) is 0 Å². The average molecular weight is 492 g/mol. The van der Waals surface area contributed by atoms with E-state index in [2.05, 4.69) is 36.5 Å². The fourth-order valence-corrected chi connectivity index (χ4v) is 4.21. The van der Waals surface area contributed by atoms with E-state index in [0.717, 1.165) is 45.5 Å². The second kappa shape index (κ2) is 9.10. The van der Waals surface area contributed by atoms with Gasteiger partial charge in [0.2, 0.25) is 0 Å². The van der Waals surface area contributed by atoms with Gasteiger partial charge in [-0.2, -0.15) is 0 Å². The van der Waals surface area contributed by atoms with Crippen molar-refractivity contribution in [2.75, 3.05) is 36.5 Å². The molecule has 4 aromatic rings. The zero-order chi connectivity index (χ0) is 21.9. The Morgan fingerprint density at radius 1 is 1.03 bits per heavy atom. The van der Waals surface area contributed by atoms with Crippen molar-refractivity contribution in [1.82, 2.24) is 15.0 Å². The maximum Gasteiger partial charge on any atom is 0.255 e. The Morgan fingerprint density at radius 2 is 1.81 bits per heavy atom. The summed E-state index contributed by atoms with van der Waals surface area (Å²) in [4.78, 5) is 15.2. The first-order valence-corrected chi connectivity index (χ1v) is 11.3. The molecule has 1 fully saturated rings. The smallest absolute Gasteiger partial charge is 0.255 e. The molecule has 8 heteroatoms. The van der Waals surface area contributed by atoms with Crippen LogP contribution >= 0.6 is 15.9 Å². The second-order valence-corrected chi connectivity index (χ2v) is 8.56. The van der Waals surface area contributed by atoms with Gasteiger partial charge in [-0.25, -0.2) is 4.68 Å². The minimum atomic E-state index is -0.143. The molecule has 0 radical (unpaired) electrons. The van der Waals surface area contributed by atoms with Gasteiger partial charge in [-0.05, 0) is 48.0 Å². The van der Waals surface area contributed by atoms with Crippen molar-refractivity contribution in [1.29, 1.82) is 0 Å². The number of aromatic nitrogens is 3. The van der Waals surface area contributed by atoms with Crippen LogP contribution in [0.1, 0.15) is 15.9 Å². The van der Waals surface area contributed by atoms with Crippen LogP contribution in [0.25, 0.3) is 11.0 Å². The third-order valence-electron chi connectivity index (χ3n) is 5.53. The lowest BCUT2D eigenvalue weighted by Crippen LogP contribution is -2.36. The van der Waals surface area contributed by atoms with Crippen molar-refractivity contribution < 1.29 is 9.53 Å². The maximum atomic E-state index is 13.0. The Kier molecular flexibility index (Phi) is 5.87. The molecule has 1 amide bonds. The molecule has 0 unspecified atom stereocenters. The fraction of sp³-hybridized carbons (Fsp3) is 0.208. The normalized spacial score (nSPS) is 14.0. The van der Waals surface area contributed by atoms with Gasteiger partial charge in [0.15, 0.2) is 0 Å². The predicted octanol–water partition coefficient (Wildman–Crippen LogP) is 4.33. The van der Waals surface area contributed by atoms with Crippen LogP contribution < -0.4 is 10.2 Å². The minimum Gasteiger partial charge on any atom is -0.378 e. The van der Waals surface area contributed by atoms with Crippen molar-refractivity contribution in [2.45, 2.75) is 6.54 Å². The van der Waals surface area contributed by atoms with E-state index in [4.69, 9.17) is 4.74 Å². The molecule has 1 aromatic heterocycles. The predicted molar refractivity (Wildman–Crippen MR) is 128 cm³/mol. The highest BCUT2D eigenvalue weighted by atomic mass is 79.9. The molecule has 0 spiro atoms. The van der Waals surface area contributed by atoms with Crippen molar-refractivity contribution in [3.63, 3.8) is 0 Å². The number of carbonyl (C=O) groups excluding carboxylic acids is 1. The largest absolute Gasteiger partial charge is 0.378 e. The van der Waals surface area contributed by atoms with E-state index in [9.17, 15) is 4.79 Å². The lowest BCUT2D eigenvalue weighted by Gasteiger charge is -2.30. The molecule has 1 N–H and O–H groups in total. The molecule has 0 bridgehead atoms. The number of ether oxygens (including phenoxy) is 1. The summed E-state index contributed by atoms with van der Waals surface area (Å²) in [6, 6.07) is 21.4. The van der Waals surface area contributed by atoms with E-state index >= 15 is 0 Å². The van der Waals surface area contributed by atoms with Crippen LogP contribution in [0.5, 0.6) is 0 Å². The number of nitrogens with one attached hydrogen (secondary N) is 1. The van der Waals surface area contributed by atoms with Gasteiger partial charge in [-0.1, -0.05) is 45.4 Å². The number of hydrogen-bond donors (Lipinski definition) is 1. The number of hydrogen-bond acceptors (Lipinski definition) is 5. The van der Waals surface area contributed by atoms with Gasteiger partial charge in [0.05, 0.1) is 36.6 Å². The van der Waals surface area contributed by atoms with Gasteiger partial charge in [0.25, 0.3) is 5.91 Å². The number of benzene rings is 3. The number of halogens is 1. The summed E-state index contributed by atoms with van der Waals surface area (Å²) < 4.78 is 8.24. The van der Waals surface area contributed by atoms with Gasteiger partial charge in [-0.15, -0.1) is 5.10 Å². The lowest BCUT2D eigenvalue weighted by molar-refractivity contribution is 0.102. The van der Waals surface area contributed by atoms with Gasteiger partial charge in [0, 0.05) is 23.1 Å². The number of carbonyl (C=O) groups is 1. The molecule has 1 aliphatic rings. The Morgan fingerprint density at radius 3 is 2.62 bits per heavy atom. The van der Waals surface area contributed by atoms with Gasteiger partial charge in [-0.3, -0.25) is 4.79 Å². The molecule has 32 heavy (non-hydrogen) atoms. The number of rotatable bonds is 5. The Bertz CT molecular complexity index is 1250. The molecule has 1 saturated heterocycles. The third-order valence-corrected chi connectivity index (χ3v) is 6.02. The summed E-state index contributed by atoms with van der Waals surface area (Å²) in [6.07, 6.45) is 0. The number of amides is 1. The van der Waals surface area contributed by atoms with Crippen molar-refractivity contribution in [2.24, 2.45) is 0 Å². The van der Waals surface area contributed by atoms with Gasteiger partial charge in [0.1, 0.15) is 5.52 Å². The molecule has 2 heterocycles. The highest BCUT2D eigenvalue weighted by Crippen LogP contribution is 2.30. The summed E-state index contributed by atoms with van der Waals surface area (Å²) in [5.41, 5.74) is 5.29. The summed E-state index contributed by atoms with van der Waals surface area (Å²) in [5, 5.41) is 11.5. The summed E-state index contributed by atoms with van der Waals surface area (Å²) in [6.45, 7) is 3.57. The number of nitrogens with zero attached hydrogens (tertiary/aromatic N) is 4. The number of para-hydroxylation sites is 1. The van der Waals surface area contributed by atoms with E-state index < -0.39 is 0 Å². The first-order valence-electron chi connectivity index (χ1n) is 10.5. The first kappa shape index (κ1) is 20.7. The number of anilines is 2. The molecule has 0 saturated carbocycles. The summed E-state index contributed by atoms with van der Waals surface area (Å²) in [5.74, 6) is -0.143. The van der Waals surface area contributed by atoms with E-state index in [-0.39, 0.29) is 5.91 Å². The topological polar surface area (TPSA) is 72.3 Å². The lowest BCUT2D eigenvalue weighted by atomic mass is 10.1. The summed E-state index contributed by atoms with van der Waals surface area (Å²) in [7, 11) is 0. The highest BCUT2D eigenvalue weighted by molar-refractivity contribution is 9.10. The minimum absolute atomic E-state index is 0.143. The number of fused-ring (bicyclic) bond motifs is 1. The van der Waals surface area contributed by atoms with Crippen molar-refractivity contribution in [3.05, 3.63) is 82.3 Å². The Hall–Kier alpha value is -3.23. The molecule has 1 aliphatic heterocycles. The second-order valence-electron chi connectivity index (χ2n) is 7.65. The molecule has 0 aliphatic carbocycles. The summed E-state index contributed by atoms with van der Waals surface area (Å²) >= 11 is 3.51. The van der Waals surface area contributed by atoms with E-state index in [1.54, 1.807) is 0 Å². The average Bonchev–Trinajstić information content (AvgIpc) is 3.23. The molecule has 5 rings (SSSR count). The SMILES string of the molecule is O=C(Nc1cc(Br)ccc1N1CCOCC1)c1ccc(Cn2nnc3ccccc32)cc1. The van der Waals surface area contributed by atoms with Crippen LogP contribution in [0, 0.1) is 0 Å². The Labute approximate surface area is 194 Å². The Balaban J connectivity index is 1.32. The fourth-order valence-electron chi connectivity index (χ4n) is 3.85. The van der Waals surface area contributed by atoms with Gasteiger partial charge < -0.3 is 15.0 Å². The van der Waals surface area contributed by atoms with Gasteiger partial charge >= 0.3 is 0 Å². The zero-order valence-electron chi connectivity index (χ0n) is 17.4. The van der Waals surface area contributed by atoms with E-state index in [1.807, 2.05) is 71.4 Å². The molecule has 3 aromatic carbocycles. The molecular formula is C24H22BrN5O2. The quantitative estimate of drug-likeness (QED) is 0.449. The first-order chi connectivity index (χ1) is 15.7. The van der Waals surface area contributed by atoms with E-state index in [0.29, 0.717) is 25.3 Å². The van der Waals surface area contributed by atoms with Crippen LogP contribution in [-0.2, 0) is 11.3 Å². The van der Waals surface area contributed by atoms with Crippen molar-refractivity contribution >= 4 is 44.2 Å². The highest BCUT2D eigenvalue weighted by Gasteiger charge is 2.17. The van der Waals surface area contributed by atoms with Crippen LogP contribution in [0.4, 0.5) is 11.4 Å². The number of morpholine rings is 1. The molecule has 0 atom stereocenters. The van der Waals surface area contributed by atoms with Crippen LogP contribution in [0.2, 0.25) is 0 Å². The third kappa shape index (κ3) is 4.37. The monoisotopic (exact) mass is 491 g/mol.